The predicted octanol–water partition coefficient (Wildman–Crippen LogP) is 4.59. The Morgan fingerprint density at radius 1 is 1.00 bits per heavy atom. The molecule has 0 aliphatic heterocycles. The molecule has 0 heterocycles. The van der Waals surface area contributed by atoms with Gasteiger partial charge >= 0.3 is 0 Å². The van der Waals surface area contributed by atoms with E-state index < -0.39 is 29.0 Å². The third-order valence-electron chi connectivity index (χ3n) is 2.66. The third kappa shape index (κ3) is 3.68. The molecule has 1 amide bonds. The van der Waals surface area contributed by atoms with E-state index in [1.807, 2.05) is 0 Å². The molecule has 2 rings (SSSR count). The minimum Gasteiger partial charge on any atom is -0.323 e. The second-order valence-electron chi connectivity index (χ2n) is 4.20. The molecule has 2 aromatic carbocycles. The monoisotopic (exact) mass is 333 g/mol. The first-order valence-corrected chi connectivity index (χ1v) is 6.51. The molecule has 0 spiro atoms. The molecule has 1 N–H and O–H groups in total. The van der Waals surface area contributed by atoms with Gasteiger partial charge in [-0.1, -0.05) is 29.3 Å². The highest BCUT2D eigenvalue weighted by Gasteiger charge is 2.15. The number of anilines is 1. The lowest BCUT2D eigenvalue weighted by Crippen LogP contribution is -2.16. The summed E-state index contributed by atoms with van der Waals surface area (Å²) in [6.07, 6.45) is -0.116. The highest BCUT2D eigenvalue weighted by atomic mass is 35.5. The Hall–Kier alpha value is -1.72. The molecule has 0 radical (unpaired) electrons. The molecule has 0 atom stereocenters. The Labute approximate surface area is 128 Å². The number of carbonyl (C=O) groups is 1. The molecule has 0 bridgehead atoms. The molecular formula is C14H8Cl2F3NO. The van der Waals surface area contributed by atoms with Gasteiger partial charge in [-0.15, -0.1) is 0 Å². The van der Waals surface area contributed by atoms with E-state index in [1.165, 1.54) is 12.1 Å². The van der Waals surface area contributed by atoms with E-state index in [-0.39, 0.29) is 11.4 Å². The summed E-state index contributed by atoms with van der Waals surface area (Å²) in [5, 5.41) is 2.78. The largest absolute Gasteiger partial charge is 0.323 e. The summed E-state index contributed by atoms with van der Waals surface area (Å²) >= 11 is 11.5. The van der Waals surface area contributed by atoms with Crippen LogP contribution in [0.1, 0.15) is 5.56 Å². The zero-order chi connectivity index (χ0) is 15.6. The standard InChI is InChI=1S/C14H8Cl2F3NO/c15-8-2-1-7(5-9(8)16)6-12(21)20-11-4-3-10(17)13(18)14(11)19/h1-5H,6H2,(H,20,21). The van der Waals surface area contributed by atoms with Crippen LogP contribution in [-0.2, 0) is 11.2 Å². The molecular weight excluding hydrogens is 326 g/mol. The minimum atomic E-state index is -1.64. The van der Waals surface area contributed by atoms with E-state index in [2.05, 4.69) is 5.32 Å². The van der Waals surface area contributed by atoms with E-state index in [1.54, 1.807) is 6.07 Å². The molecule has 0 aromatic heterocycles. The maximum atomic E-state index is 13.4. The van der Waals surface area contributed by atoms with Crippen molar-refractivity contribution < 1.29 is 18.0 Å². The number of nitrogens with one attached hydrogen (secondary N) is 1. The fourth-order valence-electron chi connectivity index (χ4n) is 1.65. The average molecular weight is 334 g/mol. The van der Waals surface area contributed by atoms with E-state index in [4.69, 9.17) is 23.2 Å². The molecule has 0 aliphatic rings. The minimum absolute atomic E-state index is 0.116. The van der Waals surface area contributed by atoms with Crippen LogP contribution in [-0.4, -0.2) is 5.91 Å². The highest BCUT2D eigenvalue weighted by molar-refractivity contribution is 6.42. The average Bonchev–Trinajstić information content (AvgIpc) is 2.44. The van der Waals surface area contributed by atoms with Crippen LogP contribution < -0.4 is 5.32 Å². The SMILES string of the molecule is O=C(Cc1ccc(Cl)c(Cl)c1)Nc1ccc(F)c(F)c1F. The lowest BCUT2D eigenvalue weighted by atomic mass is 10.1. The Morgan fingerprint density at radius 3 is 2.38 bits per heavy atom. The van der Waals surface area contributed by atoms with E-state index in [0.29, 0.717) is 10.6 Å². The number of amides is 1. The van der Waals surface area contributed by atoms with Crippen LogP contribution in [0.3, 0.4) is 0 Å². The molecule has 2 aromatic rings. The van der Waals surface area contributed by atoms with Gasteiger partial charge in [0, 0.05) is 0 Å². The van der Waals surface area contributed by atoms with Crippen LogP contribution in [0.2, 0.25) is 10.0 Å². The van der Waals surface area contributed by atoms with Crippen LogP contribution in [0.15, 0.2) is 30.3 Å². The summed E-state index contributed by atoms with van der Waals surface area (Å²) in [7, 11) is 0. The smallest absolute Gasteiger partial charge is 0.228 e. The maximum absolute atomic E-state index is 13.4. The van der Waals surface area contributed by atoms with Crippen molar-refractivity contribution in [1.29, 1.82) is 0 Å². The van der Waals surface area contributed by atoms with Gasteiger partial charge in [0.15, 0.2) is 17.5 Å². The number of rotatable bonds is 3. The highest BCUT2D eigenvalue weighted by Crippen LogP contribution is 2.23. The summed E-state index contributed by atoms with van der Waals surface area (Å²) in [5.41, 5.74) is 0.115. The zero-order valence-electron chi connectivity index (χ0n) is 10.4. The number of carbonyl (C=O) groups excluding carboxylic acids is 1. The Bertz CT molecular complexity index is 707. The first-order chi connectivity index (χ1) is 9.88. The Kier molecular flexibility index (Phi) is 4.75. The van der Waals surface area contributed by atoms with Gasteiger partial charge in [0.25, 0.3) is 0 Å². The summed E-state index contributed by atoms with van der Waals surface area (Å²) in [5.74, 6) is -5.01. The molecule has 110 valence electrons. The Balaban J connectivity index is 2.12. The zero-order valence-corrected chi connectivity index (χ0v) is 11.9. The summed E-state index contributed by atoms with van der Waals surface area (Å²) in [6.45, 7) is 0. The summed E-state index contributed by atoms with van der Waals surface area (Å²) in [4.78, 5) is 11.8. The van der Waals surface area contributed by atoms with Gasteiger partial charge in [-0.25, -0.2) is 13.2 Å². The molecule has 2 nitrogen and oxygen atoms in total. The van der Waals surface area contributed by atoms with Crippen molar-refractivity contribution in [2.45, 2.75) is 6.42 Å². The number of hydrogen-bond donors (Lipinski definition) is 1. The van der Waals surface area contributed by atoms with Gasteiger partial charge in [-0.3, -0.25) is 4.79 Å². The van der Waals surface area contributed by atoms with E-state index in [9.17, 15) is 18.0 Å². The molecule has 0 saturated carbocycles. The van der Waals surface area contributed by atoms with Crippen molar-refractivity contribution in [2.24, 2.45) is 0 Å². The molecule has 0 aliphatic carbocycles. The van der Waals surface area contributed by atoms with Gasteiger partial charge in [-0.05, 0) is 29.8 Å². The van der Waals surface area contributed by atoms with Crippen molar-refractivity contribution in [3.05, 3.63) is 63.4 Å². The van der Waals surface area contributed by atoms with E-state index in [0.717, 1.165) is 12.1 Å². The van der Waals surface area contributed by atoms with Crippen molar-refractivity contribution in [3.63, 3.8) is 0 Å². The van der Waals surface area contributed by atoms with Gasteiger partial charge in [-0.2, -0.15) is 0 Å². The summed E-state index contributed by atoms with van der Waals surface area (Å²) in [6, 6.07) is 6.26. The first kappa shape index (κ1) is 15.7. The summed E-state index contributed by atoms with van der Waals surface area (Å²) < 4.78 is 39.2. The van der Waals surface area contributed by atoms with Crippen LogP contribution in [0.4, 0.5) is 18.9 Å². The van der Waals surface area contributed by atoms with Crippen LogP contribution in [0, 0.1) is 17.5 Å². The van der Waals surface area contributed by atoms with Crippen molar-refractivity contribution >= 4 is 34.8 Å². The lowest BCUT2D eigenvalue weighted by molar-refractivity contribution is -0.115. The number of benzene rings is 2. The second-order valence-corrected chi connectivity index (χ2v) is 5.01. The lowest BCUT2D eigenvalue weighted by Gasteiger charge is -2.08. The third-order valence-corrected chi connectivity index (χ3v) is 3.40. The van der Waals surface area contributed by atoms with Gasteiger partial charge in [0.1, 0.15) is 0 Å². The van der Waals surface area contributed by atoms with Crippen LogP contribution >= 0.6 is 23.2 Å². The second kappa shape index (κ2) is 6.37. The fourth-order valence-corrected chi connectivity index (χ4v) is 1.97. The van der Waals surface area contributed by atoms with Gasteiger partial charge in [0.05, 0.1) is 22.2 Å². The molecule has 0 saturated heterocycles. The van der Waals surface area contributed by atoms with Gasteiger partial charge < -0.3 is 5.32 Å². The number of halogens is 5. The molecule has 0 fully saturated rings. The molecule has 7 heteroatoms. The molecule has 21 heavy (non-hydrogen) atoms. The maximum Gasteiger partial charge on any atom is 0.228 e. The topological polar surface area (TPSA) is 29.1 Å². The van der Waals surface area contributed by atoms with Crippen LogP contribution in [0.5, 0.6) is 0 Å². The number of hydrogen-bond acceptors (Lipinski definition) is 1. The van der Waals surface area contributed by atoms with Crippen molar-refractivity contribution in [3.8, 4) is 0 Å². The van der Waals surface area contributed by atoms with E-state index >= 15 is 0 Å². The van der Waals surface area contributed by atoms with Gasteiger partial charge in [0.2, 0.25) is 5.91 Å². The quantitative estimate of drug-likeness (QED) is 0.817. The molecule has 0 unspecified atom stereocenters. The van der Waals surface area contributed by atoms with Crippen molar-refractivity contribution in [2.75, 3.05) is 5.32 Å². The van der Waals surface area contributed by atoms with Crippen LogP contribution in [0.25, 0.3) is 0 Å². The predicted molar refractivity (Wildman–Crippen MR) is 75.1 cm³/mol. The fraction of sp³-hybridized carbons (Fsp3) is 0.0714. The first-order valence-electron chi connectivity index (χ1n) is 5.75. The normalized spacial score (nSPS) is 10.5. The van der Waals surface area contributed by atoms with Crippen molar-refractivity contribution in [1.82, 2.24) is 0 Å². The Morgan fingerprint density at radius 2 is 1.71 bits per heavy atom.